The molecule has 2 aliphatic rings. The highest BCUT2D eigenvalue weighted by molar-refractivity contribution is 5.29. The van der Waals surface area contributed by atoms with Gasteiger partial charge in [0.15, 0.2) is 0 Å². The average Bonchev–Trinajstić information content (AvgIpc) is 2.40. The Morgan fingerprint density at radius 2 is 2.00 bits per heavy atom. The smallest absolute Gasteiger partial charge is 0.0822 e. The molecule has 2 aliphatic carbocycles. The summed E-state index contributed by atoms with van der Waals surface area (Å²) in [6.45, 7) is 8.64. The van der Waals surface area contributed by atoms with Crippen LogP contribution in [0.4, 0.5) is 0 Å². The second-order valence-electron chi connectivity index (χ2n) is 5.72. The van der Waals surface area contributed by atoms with E-state index >= 15 is 0 Å². The average molecular weight is 180 g/mol. The third-order valence-corrected chi connectivity index (χ3v) is 4.08. The summed E-state index contributed by atoms with van der Waals surface area (Å²) < 4.78 is 0. The van der Waals surface area contributed by atoms with Gasteiger partial charge in [-0.25, -0.2) is 0 Å². The van der Waals surface area contributed by atoms with E-state index in [0.717, 1.165) is 0 Å². The topological polar surface area (TPSA) is 20.2 Å². The third kappa shape index (κ3) is 0.969. The Morgan fingerprint density at radius 1 is 1.38 bits per heavy atom. The Labute approximate surface area is 80.8 Å². The molecular formula is C12H20O. The van der Waals surface area contributed by atoms with Crippen LogP contribution >= 0.6 is 0 Å². The van der Waals surface area contributed by atoms with E-state index in [-0.39, 0.29) is 5.41 Å². The molecule has 2 bridgehead atoms. The Bertz CT molecular complexity index is 259. The predicted octanol–water partition coefficient (Wildman–Crippen LogP) is 2.75. The molecule has 13 heavy (non-hydrogen) atoms. The summed E-state index contributed by atoms with van der Waals surface area (Å²) in [5, 5.41) is 10.7. The summed E-state index contributed by atoms with van der Waals surface area (Å²) in [5.74, 6) is 0.843. The number of aliphatic hydroxyl groups is 1. The van der Waals surface area contributed by atoms with Gasteiger partial charge in [0.25, 0.3) is 0 Å². The molecule has 0 aliphatic heterocycles. The molecule has 2 rings (SSSR count). The molecule has 74 valence electrons. The van der Waals surface area contributed by atoms with Crippen molar-refractivity contribution in [2.45, 2.75) is 46.1 Å². The molecule has 0 aromatic rings. The zero-order valence-electron chi connectivity index (χ0n) is 9.09. The molecule has 0 unspecified atom stereocenters. The molecule has 0 spiro atoms. The fraction of sp³-hybridized carbons (Fsp3) is 0.833. The zero-order valence-corrected chi connectivity index (χ0v) is 9.09. The largest absolute Gasteiger partial charge is 0.388 e. The number of hydrogen-bond acceptors (Lipinski definition) is 1. The molecule has 1 fully saturated rings. The zero-order chi connectivity index (χ0) is 9.85. The van der Waals surface area contributed by atoms with E-state index < -0.39 is 5.60 Å². The van der Waals surface area contributed by atoms with Crippen molar-refractivity contribution in [1.29, 1.82) is 0 Å². The van der Waals surface area contributed by atoms with E-state index in [4.69, 9.17) is 0 Å². The van der Waals surface area contributed by atoms with Crippen molar-refractivity contribution in [1.82, 2.24) is 0 Å². The molecule has 1 N–H and O–H groups in total. The summed E-state index contributed by atoms with van der Waals surface area (Å²) >= 11 is 0. The molecule has 0 aromatic carbocycles. The van der Waals surface area contributed by atoms with Crippen molar-refractivity contribution >= 4 is 0 Å². The van der Waals surface area contributed by atoms with Gasteiger partial charge >= 0.3 is 0 Å². The lowest BCUT2D eigenvalue weighted by atomic mass is 9.69. The standard InChI is InChI=1S/C12H20O/c1-8-7-9-5-6-10(8)12(9,13)11(2,3)4/h7,9-10,13H,5-6H2,1-4H3/t9-,10-,12+/m1/s1. The van der Waals surface area contributed by atoms with Crippen molar-refractivity contribution in [3.8, 4) is 0 Å². The van der Waals surface area contributed by atoms with Gasteiger partial charge in [0, 0.05) is 11.8 Å². The van der Waals surface area contributed by atoms with E-state index in [1.165, 1.54) is 18.4 Å². The van der Waals surface area contributed by atoms with Crippen LogP contribution in [0.25, 0.3) is 0 Å². The lowest BCUT2D eigenvalue weighted by Gasteiger charge is -2.42. The first kappa shape index (κ1) is 9.26. The summed E-state index contributed by atoms with van der Waals surface area (Å²) in [6.07, 6.45) is 4.65. The minimum Gasteiger partial charge on any atom is -0.388 e. The first-order valence-electron chi connectivity index (χ1n) is 5.28. The van der Waals surface area contributed by atoms with E-state index in [9.17, 15) is 5.11 Å². The van der Waals surface area contributed by atoms with Crippen LogP contribution < -0.4 is 0 Å². The van der Waals surface area contributed by atoms with E-state index in [0.29, 0.717) is 11.8 Å². The molecule has 0 saturated heterocycles. The van der Waals surface area contributed by atoms with Gasteiger partial charge in [-0.2, -0.15) is 0 Å². The van der Waals surface area contributed by atoms with Gasteiger partial charge in [0.2, 0.25) is 0 Å². The van der Waals surface area contributed by atoms with Crippen LogP contribution in [0, 0.1) is 17.3 Å². The lowest BCUT2D eigenvalue weighted by Crippen LogP contribution is -2.48. The maximum absolute atomic E-state index is 10.7. The summed E-state index contributed by atoms with van der Waals surface area (Å²) in [7, 11) is 0. The van der Waals surface area contributed by atoms with Crippen molar-refractivity contribution in [3.63, 3.8) is 0 Å². The van der Waals surface area contributed by atoms with Crippen LogP contribution in [0.2, 0.25) is 0 Å². The molecule has 0 aromatic heterocycles. The van der Waals surface area contributed by atoms with Crippen molar-refractivity contribution < 1.29 is 5.11 Å². The van der Waals surface area contributed by atoms with Crippen LogP contribution in [-0.2, 0) is 0 Å². The van der Waals surface area contributed by atoms with Crippen LogP contribution in [-0.4, -0.2) is 10.7 Å². The lowest BCUT2D eigenvalue weighted by molar-refractivity contribution is -0.0903. The SMILES string of the molecule is CC1=C[C@H]2CC[C@H]1[C@]2(O)C(C)(C)C. The van der Waals surface area contributed by atoms with E-state index in [1.807, 2.05) is 0 Å². The molecule has 3 atom stereocenters. The second-order valence-corrected chi connectivity index (χ2v) is 5.72. The van der Waals surface area contributed by atoms with E-state index in [1.54, 1.807) is 0 Å². The van der Waals surface area contributed by atoms with Gasteiger partial charge in [0.1, 0.15) is 0 Å². The van der Waals surface area contributed by atoms with Crippen LogP contribution in [0.3, 0.4) is 0 Å². The molecule has 0 heterocycles. The minimum atomic E-state index is -0.461. The van der Waals surface area contributed by atoms with Gasteiger partial charge in [-0.1, -0.05) is 32.4 Å². The Morgan fingerprint density at radius 3 is 2.23 bits per heavy atom. The Kier molecular flexibility index (Phi) is 1.70. The van der Waals surface area contributed by atoms with Crippen molar-refractivity contribution in [3.05, 3.63) is 11.6 Å². The highest BCUT2D eigenvalue weighted by atomic mass is 16.3. The first-order chi connectivity index (χ1) is 5.87. The highest BCUT2D eigenvalue weighted by Gasteiger charge is 2.58. The third-order valence-electron chi connectivity index (χ3n) is 4.08. The van der Waals surface area contributed by atoms with Crippen LogP contribution in [0.1, 0.15) is 40.5 Å². The quantitative estimate of drug-likeness (QED) is 0.568. The maximum Gasteiger partial charge on any atom is 0.0822 e. The molecule has 0 radical (unpaired) electrons. The van der Waals surface area contributed by atoms with Gasteiger partial charge in [0.05, 0.1) is 5.60 Å². The van der Waals surface area contributed by atoms with Gasteiger partial charge in [-0.3, -0.25) is 0 Å². The number of rotatable bonds is 0. The monoisotopic (exact) mass is 180 g/mol. The second kappa shape index (κ2) is 2.38. The Hall–Kier alpha value is -0.300. The predicted molar refractivity (Wildman–Crippen MR) is 54.4 cm³/mol. The first-order valence-corrected chi connectivity index (χ1v) is 5.28. The maximum atomic E-state index is 10.7. The molecule has 1 nitrogen and oxygen atoms in total. The number of fused-ring (bicyclic) bond motifs is 2. The number of hydrogen-bond donors (Lipinski definition) is 1. The highest BCUT2D eigenvalue weighted by Crippen LogP contribution is 2.58. The van der Waals surface area contributed by atoms with Crippen LogP contribution in [0.5, 0.6) is 0 Å². The fourth-order valence-corrected chi connectivity index (χ4v) is 3.34. The molecule has 1 heteroatoms. The molecular weight excluding hydrogens is 160 g/mol. The summed E-state index contributed by atoms with van der Waals surface area (Å²) in [5.41, 5.74) is 0.957. The fourth-order valence-electron chi connectivity index (χ4n) is 3.34. The van der Waals surface area contributed by atoms with E-state index in [2.05, 4.69) is 33.8 Å². The molecule has 0 amide bonds. The summed E-state index contributed by atoms with van der Waals surface area (Å²) in [4.78, 5) is 0. The molecule has 1 saturated carbocycles. The minimum absolute atomic E-state index is 0.00704. The van der Waals surface area contributed by atoms with Crippen molar-refractivity contribution in [2.24, 2.45) is 17.3 Å². The normalized spacial score (nSPS) is 43.9. The van der Waals surface area contributed by atoms with Crippen LogP contribution in [0.15, 0.2) is 11.6 Å². The van der Waals surface area contributed by atoms with Gasteiger partial charge in [-0.05, 0) is 25.2 Å². The Balaban J connectivity index is 2.39. The summed E-state index contributed by atoms with van der Waals surface area (Å²) in [6, 6.07) is 0. The van der Waals surface area contributed by atoms with Gasteiger partial charge < -0.3 is 5.11 Å². The van der Waals surface area contributed by atoms with Crippen molar-refractivity contribution in [2.75, 3.05) is 0 Å². The van der Waals surface area contributed by atoms with Gasteiger partial charge in [-0.15, -0.1) is 0 Å².